The van der Waals surface area contributed by atoms with Crippen molar-refractivity contribution in [3.8, 4) is 5.75 Å². The fourth-order valence-electron chi connectivity index (χ4n) is 2.55. The molecule has 136 valence electrons. The van der Waals surface area contributed by atoms with Crippen LogP contribution >= 0.6 is 11.8 Å². The largest absolute Gasteiger partial charge is 0.494 e. The number of rotatable bonds is 8. The lowest BCUT2D eigenvalue weighted by Crippen LogP contribution is -2.45. The van der Waals surface area contributed by atoms with E-state index in [0.29, 0.717) is 24.5 Å². The summed E-state index contributed by atoms with van der Waals surface area (Å²) in [6.45, 7) is 6.60. The van der Waals surface area contributed by atoms with Crippen LogP contribution in [0, 0.1) is 0 Å². The van der Waals surface area contributed by atoms with Gasteiger partial charge in [0.1, 0.15) is 12.4 Å². The standard InChI is InChI=1S/C18H24N2O4S/c1-4-23-14-8-6-13(7-9-14)16-15(12(3)19-18(22)20-16)17(21)24-10-11-25-5-2/h6-9,16H,4-5,10-11H2,1-3H3,(H2,19,20,22)/t16-/m1/s1. The average Bonchev–Trinajstić information content (AvgIpc) is 2.59. The van der Waals surface area contributed by atoms with Gasteiger partial charge in [-0.1, -0.05) is 19.1 Å². The molecular formula is C18H24N2O4S. The van der Waals surface area contributed by atoms with Gasteiger partial charge in [0.25, 0.3) is 0 Å². The Morgan fingerprint density at radius 1 is 1.24 bits per heavy atom. The number of esters is 1. The van der Waals surface area contributed by atoms with Gasteiger partial charge < -0.3 is 20.1 Å². The summed E-state index contributed by atoms with van der Waals surface area (Å²) in [6, 6.07) is 6.45. The van der Waals surface area contributed by atoms with Crippen LogP contribution in [0.1, 0.15) is 32.4 Å². The summed E-state index contributed by atoms with van der Waals surface area (Å²) in [6.07, 6.45) is 0. The Morgan fingerprint density at radius 2 is 1.96 bits per heavy atom. The Kier molecular flexibility index (Phi) is 7.18. The maximum Gasteiger partial charge on any atom is 0.338 e. The van der Waals surface area contributed by atoms with E-state index in [2.05, 4.69) is 17.6 Å². The minimum atomic E-state index is -0.546. The second-order valence-electron chi connectivity index (χ2n) is 5.41. The number of urea groups is 1. The molecule has 1 heterocycles. The van der Waals surface area contributed by atoms with Crippen molar-refractivity contribution in [1.29, 1.82) is 0 Å². The van der Waals surface area contributed by atoms with Crippen LogP contribution in [0.15, 0.2) is 35.5 Å². The summed E-state index contributed by atoms with van der Waals surface area (Å²) in [5.41, 5.74) is 1.73. The van der Waals surface area contributed by atoms with Crippen molar-refractivity contribution in [1.82, 2.24) is 10.6 Å². The fraction of sp³-hybridized carbons (Fsp3) is 0.444. The minimum absolute atomic E-state index is 0.338. The second-order valence-corrected chi connectivity index (χ2v) is 6.80. The molecule has 0 unspecified atom stereocenters. The third-order valence-corrected chi connectivity index (χ3v) is 4.54. The van der Waals surface area contributed by atoms with Crippen molar-refractivity contribution in [3.63, 3.8) is 0 Å². The van der Waals surface area contributed by atoms with Crippen molar-refractivity contribution in [2.45, 2.75) is 26.8 Å². The predicted molar refractivity (Wildman–Crippen MR) is 98.7 cm³/mol. The highest BCUT2D eigenvalue weighted by Crippen LogP contribution is 2.28. The van der Waals surface area contributed by atoms with E-state index in [4.69, 9.17) is 9.47 Å². The SMILES string of the molecule is CCOc1ccc([C@H]2NC(=O)NC(C)=C2C(=O)OCCSCC)cc1. The molecule has 1 aromatic rings. The first-order chi connectivity index (χ1) is 12.1. The van der Waals surface area contributed by atoms with E-state index in [-0.39, 0.29) is 6.03 Å². The summed E-state index contributed by atoms with van der Waals surface area (Å²) in [5, 5.41) is 5.43. The highest BCUT2D eigenvalue weighted by Gasteiger charge is 2.32. The van der Waals surface area contributed by atoms with E-state index >= 15 is 0 Å². The number of nitrogens with one attached hydrogen (secondary N) is 2. The average molecular weight is 364 g/mol. The maximum atomic E-state index is 12.5. The normalized spacial score (nSPS) is 16.9. The molecule has 0 bridgehead atoms. The van der Waals surface area contributed by atoms with Gasteiger partial charge in [-0.3, -0.25) is 0 Å². The van der Waals surface area contributed by atoms with E-state index in [1.807, 2.05) is 31.2 Å². The third-order valence-electron chi connectivity index (χ3n) is 3.68. The molecule has 6 nitrogen and oxygen atoms in total. The number of allylic oxidation sites excluding steroid dienone is 1. The smallest absolute Gasteiger partial charge is 0.338 e. The fourth-order valence-corrected chi connectivity index (χ4v) is 3.04. The van der Waals surface area contributed by atoms with Crippen LogP contribution in [0.25, 0.3) is 0 Å². The summed E-state index contributed by atoms with van der Waals surface area (Å²) in [7, 11) is 0. The molecular weight excluding hydrogens is 340 g/mol. The molecule has 1 aliphatic heterocycles. The van der Waals surface area contributed by atoms with E-state index in [9.17, 15) is 9.59 Å². The van der Waals surface area contributed by atoms with Gasteiger partial charge in [0.2, 0.25) is 0 Å². The Hall–Kier alpha value is -2.15. The van der Waals surface area contributed by atoms with Crippen LogP contribution < -0.4 is 15.4 Å². The zero-order valence-corrected chi connectivity index (χ0v) is 15.6. The third kappa shape index (κ3) is 5.16. The summed E-state index contributed by atoms with van der Waals surface area (Å²) >= 11 is 1.71. The number of benzene rings is 1. The molecule has 7 heteroatoms. The Bertz CT molecular complexity index is 643. The number of carbonyl (C=O) groups excluding carboxylic acids is 2. The molecule has 2 amide bonds. The van der Waals surface area contributed by atoms with E-state index < -0.39 is 12.0 Å². The number of carbonyl (C=O) groups is 2. The Labute approximate surface area is 152 Å². The summed E-state index contributed by atoms with van der Waals surface area (Å²) in [5.74, 6) is 2.06. The highest BCUT2D eigenvalue weighted by atomic mass is 32.2. The van der Waals surface area contributed by atoms with Crippen LogP contribution in [0.2, 0.25) is 0 Å². The van der Waals surface area contributed by atoms with Crippen LogP contribution in [0.4, 0.5) is 4.79 Å². The van der Waals surface area contributed by atoms with Crippen molar-refractivity contribution in [2.24, 2.45) is 0 Å². The number of hydrogen-bond acceptors (Lipinski definition) is 5. The van der Waals surface area contributed by atoms with E-state index in [0.717, 1.165) is 22.8 Å². The highest BCUT2D eigenvalue weighted by molar-refractivity contribution is 7.99. The zero-order chi connectivity index (χ0) is 18.2. The molecule has 1 aromatic carbocycles. The van der Waals surface area contributed by atoms with Crippen molar-refractivity contribution in [2.75, 3.05) is 24.7 Å². The van der Waals surface area contributed by atoms with Gasteiger partial charge in [0.15, 0.2) is 0 Å². The minimum Gasteiger partial charge on any atom is -0.494 e. The van der Waals surface area contributed by atoms with E-state index in [1.165, 1.54) is 0 Å². The van der Waals surface area contributed by atoms with Crippen LogP contribution in [-0.2, 0) is 9.53 Å². The predicted octanol–water partition coefficient (Wildman–Crippen LogP) is 3.01. The first kappa shape index (κ1) is 19.2. The molecule has 0 aromatic heterocycles. The van der Waals surface area contributed by atoms with Crippen molar-refractivity contribution in [3.05, 3.63) is 41.1 Å². The number of ether oxygens (including phenoxy) is 2. The Balaban J connectivity index is 2.19. The lowest BCUT2D eigenvalue weighted by atomic mass is 9.95. The second kappa shape index (κ2) is 9.36. The topological polar surface area (TPSA) is 76.7 Å². The summed E-state index contributed by atoms with van der Waals surface area (Å²) in [4.78, 5) is 24.4. The molecule has 2 N–H and O–H groups in total. The molecule has 2 rings (SSSR count). The molecule has 1 atom stereocenters. The number of amides is 2. The van der Waals surface area contributed by atoms with Gasteiger partial charge in [-0.25, -0.2) is 9.59 Å². The van der Waals surface area contributed by atoms with Gasteiger partial charge in [0, 0.05) is 11.4 Å². The monoisotopic (exact) mass is 364 g/mol. The van der Waals surface area contributed by atoms with Gasteiger partial charge in [-0.05, 0) is 37.3 Å². The van der Waals surface area contributed by atoms with Crippen molar-refractivity contribution >= 4 is 23.8 Å². The Morgan fingerprint density at radius 3 is 2.60 bits per heavy atom. The first-order valence-corrected chi connectivity index (χ1v) is 9.48. The first-order valence-electron chi connectivity index (χ1n) is 8.32. The molecule has 0 saturated carbocycles. The molecule has 0 aliphatic carbocycles. The molecule has 1 aliphatic rings. The van der Waals surface area contributed by atoms with Gasteiger partial charge in [-0.15, -0.1) is 0 Å². The zero-order valence-electron chi connectivity index (χ0n) is 14.8. The van der Waals surface area contributed by atoms with Crippen LogP contribution in [0.5, 0.6) is 5.75 Å². The quantitative estimate of drug-likeness (QED) is 0.548. The van der Waals surface area contributed by atoms with Crippen LogP contribution in [-0.4, -0.2) is 36.7 Å². The molecule has 25 heavy (non-hydrogen) atoms. The summed E-state index contributed by atoms with van der Waals surface area (Å²) < 4.78 is 10.8. The van der Waals surface area contributed by atoms with Gasteiger partial charge in [-0.2, -0.15) is 11.8 Å². The van der Waals surface area contributed by atoms with Gasteiger partial charge in [0.05, 0.1) is 18.2 Å². The van der Waals surface area contributed by atoms with Gasteiger partial charge >= 0.3 is 12.0 Å². The number of hydrogen-bond donors (Lipinski definition) is 2. The molecule has 0 fully saturated rings. The molecule has 0 saturated heterocycles. The molecule has 0 radical (unpaired) electrons. The maximum absolute atomic E-state index is 12.5. The van der Waals surface area contributed by atoms with Crippen molar-refractivity contribution < 1.29 is 19.1 Å². The lowest BCUT2D eigenvalue weighted by molar-refractivity contribution is -0.138. The molecule has 0 spiro atoms. The lowest BCUT2D eigenvalue weighted by Gasteiger charge is -2.28. The number of thioether (sulfide) groups is 1. The van der Waals surface area contributed by atoms with Crippen LogP contribution in [0.3, 0.4) is 0 Å². The van der Waals surface area contributed by atoms with E-state index in [1.54, 1.807) is 18.7 Å².